The lowest BCUT2D eigenvalue weighted by Crippen LogP contribution is -2.08. The zero-order valence-electron chi connectivity index (χ0n) is 16.1. The van der Waals surface area contributed by atoms with Crippen molar-refractivity contribution in [2.24, 2.45) is 5.92 Å². The molecule has 0 heterocycles. The van der Waals surface area contributed by atoms with Crippen LogP contribution in [-0.2, 0) is 4.79 Å². The second-order valence-corrected chi connectivity index (χ2v) is 6.62. The number of carbonyl (C=O) groups excluding carboxylic acids is 1. The fourth-order valence-electron chi connectivity index (χ4n) is 2.84. The van der Waals surface area contributed by atoms with E-state index in [1.54, 1.807) is 6.08 Å². The van der Waals surface area contributed by atoms with Crippen molar-refractivity contribution in [2.75, 3.05) is 13.6 Å². The summed E-state index contributed by atoms with van der Waals surface area (Å²) >= 11 is 0. The monoisotopic (exact) mass is 337 g/mol. The van der Waals surface area contributed by atoms with Gasteiger partial charge in [0.15, 0.2) is 0 Å². The van der Waals surface area contributed by atoms with E-state index in [1.165, 1.54) is 19.9 Å². The molecule has 2 nitrogen and oxygen atoms in total. The molecule has 0 aliphatic heterocycles. The van der Waals surface area contributed by atoms with Crippen LogP contribution in [0.25, 0.3) is 0 Å². The third-order valence-electron chi connectivity index (χ3n) is 4.33. The summed E-state index contributed by atoms with van der Waals surface area (Å²) in [5.41, 5.74) is 2.19. The summed E-state index contributed by atoms with van der Waals surface area (Å²) in [5.74, 6) is 1.02. The highest BCUT2D eigenvalue weighted by Crippen LogP contribution is 2.17. The van der Waals surface area contributed by atoms with Gasteiger partial charge in [-0.2, -0.15) is 0 Å². The van der Waals surface area contributed by atoms with E-state index in [0.29, 0.717) is 36.7 Å². The minimum absolute atomic E-state index is 0.300. The van der Waals surface area contributed by atoms with Crippen molar-refractivity contribution >= 4 is 5.78 Å². The topological polar surface area (TPSA) is 20.3 Å². The van der Waals surface area contributed by atoms with E-state index in [1.807, 2.05) is 12.2 Å². The van der Waals surface area contributed by atoms with Crippen LogP contribution in [-0.4, -0.2) is 24.5 Å². The Kier molecular flexibility index (Phi) is 13.4. The summed E-state index contributed by atoms with van der Waals surface area (Å²) in [6.07, 6.45) is 13.0. The fourth-order valence-corrected chi connectivity index (χ4v) is 2.84. The van der Waals surface area contributed by atoms with Gasteiger partial charge in [-0.1, -0.05) is 64.8 Å². The lowest BCUT2D eigenvalue weighted by Gasteiger charge is -2.10. The summed E-state index contributed by atoms with van der Waals surface area (Å²) in [4.78, 5) is 12.0. The highest BCUT2D eigenvalue weighted by atomic mass is 19.2. The van der Waals surface area contributed by atoms with Gasteiger partial charge in [0.2, 0.25) is 0 Å². The predicted molar refractivity (Wildman–Crippen MR) is 103 cm³/mol. The number of allylic oxidation sites excluding steroid dienone is 4. The highest BCUT2D eigenvalue weighted by molar-refractivity contribution is 5.79. The number of halogens is 1. The summed E-state index contributed by atoms with van der Waals surface area (Å²) in [6, 6.07) is 0. The molecular formula is C21H36FNO. The van der Waals surface area contributed by atoms with Crippen LogP contribution < -0.4 is 0 Å². The van der Waals surface area contributed by atoms with Gasteiger partial charge in [0.1, 0.15) is 5.78 Å². The van der Waals surface area contributed by atoms with Gasteiger partial charge in [0.25, 0.3) is 0 Å². The van der Waals surface area contributed by atoms with Gasteiger partial charge in [0, 0.05) is 26.4 Å². The lowest BCUT2D eigenvalue weighted by molar-refractivity contribution is -0.118. The second kappa shape index (κ2) is 14.2. The van der Waals surface area contributed by atoms with E-state index in [2.05, 4.69) is 27.4 Å². The maximum atomic E-state index is 12.9. The average molecular weight is 338 g/mol. The minimum atomic E-state index is 0.300. The molecule has 1 unspecified atom stereocenters. The van der Waals surface area contributed by atoms with E-state index >= 15 is 0 Å². The van der Waals surface area contributed by atoms with Crippen LogP contribution in [0, 0.1) is 5.92 Å². The van der Waals surface area contributed by atoms with E-state index < -0.39 is 0 Å². The van der Waals surface area contributed by atoms with Gasteiger partial charge in [-0.05, 0) is 36.3 Å². The molecule has 0 amide bonds. The summed E-state index contributed by atoms with van der Waals surface area (Å²) in [5, 5.41) is 0.684. The largest absolute Gasteiger partial charge is 0.299 e. The molecule has 1 atom stereocenters. The average Bonchev–Trinajstić information content (AvgIpc) is 2.53. The molecule has 0 N–H and O–H groups in total. The molecule has 138 valence electrons. The van der Waals surface area contributed by atoms with Gasteiger partial charge in [-0.3, -0.25) is 4.79 Å². The maximum Gasteiger partial charge on any atom is 0.136 e. The van der Waals surface area contributed by atoms with Crippen LogP contribution >= 0.6 is 0 Å². The second-order valence-electron chi connectivity index (χ2n) is 6.62. The summed E-state index contributed by atoms with van der Waals surface area (Å²) in [7, 11) is 1.42. The summed E-state index contributed by atoms with van der Waals surface area (Å²) in [6.45, 7) is 10.7. The van der Waals surface area contributed by atoms with E-state index in [0.717, 1.165) is 36.3 Å². The van der Waals surface area contributed by atoms with Crippen molar-refractivity contribution in [3.8, 4) is 0 Å². The molecule has 3 heteroatoms. The zero-order chi connectivity index (χ0) is 18.4. The molecule has 0 aromatic carbocycles. The van der Waals surface area contributed by atoms with Crippen molar-refractivity contribution in [3.63, 3.8) is 0 Å². The van der Waals surface area contributed by atoms with Crippen molar-refractivity contribution in [1.82, 2.24) is 5.12 Å². The van der Waals surface area contributed by atoms with E-state index in [-0.39, 0.29) is 0 Å². The number of hydrogen-bond acceptors (Lipinski definition) is 2. The lowest BCUT2D eigenvalue weighted by atomic mass is 9.97. The molecule has 0 bridgehead atoms. The molecule has 0 spiro atoms. The fraction of sp³-hybridized carbons (Fsp3) is 0.667. The van der Waals surface area contributed by atoms with Crippen LogP contribution in [0.5, 0.6) is 0 Å². The number of hydrogen-bond donors (Lipinski definition) is 0. The molecule has 0 saturated heterocycles. The number of nitrogens with zero attached hydrogens (tertiary/aromatic N) is 1. The number of ketones is 1. The van der Waals surface area contributed by atoms with Crippen LogP contribution in [0.15, 0.2) is 36.0 Å². The molecule has 0 aromatic heterocycles. The Labute approximate surface area is 148 Å². The normalized spacial score (nSPS) is 14.1. The van der Waals surface area contributed by atoms with Crippen molar-refractivity contribution in [2.45, 2.75) is 72.1 Å². The molecule has 0 aromatic rings. The smallest absolute Gasteiger partial charge is 0.136 e. The molecule has 0 aliphatic carbocycles. The van der Waals surface area contributed by atoms with Gasteiger partial charge in [0.05, 0.1) is 0 Å². The zero-order valence-corrected chi connectivity index (χ0v) is 16.1. The number of rotatable bonds is 14. The first-order chi connectivity index (χ1) is 11.4. The Morgan fingerprint density at radius 3 is 2.46 bits per heavy atom. The molecule has 0 aliphatic rings. The Morgan fingerprint density at radius 2 is 1.92 bits per heavy atom. The quantitative estimate of drug-likeness (QED) is 0.277. The Hall–Kier alpha value is -1.22. The molecule has 24 heavy (non-hydrogen) atoms. The SMILES string of the molecule is C=C/C(CCN(C)F)=C(\C=C/CC(=O)CCCC(C)CCC)CC. The molecule has 0 radical (unpaired) electrons. The first-order valence-corrected chi connectivity index (χ1v) is 9.34. The van der Waals surface area contributed by atoms with Gasteiger partial charge in [-0.25, -0.2) is 0 Å². The van der Waals surface area contributed by atoms with Crippen LogP contribution in [0.1, 0.15) is 72.1 Å². The molecule has 0 saturated carbocycles. The highest BCUT2D eigenvalue weighted by Gasteiger charge is 2.05. The molecule has 0 fully saturated rings. The molecule has 0 rings (SSSR count). The van der Waals surface area contributed by atoms with Crippen molar-refractivity contribution < 1.29 is 9.28 Å². The van der Waals surface area contributed by atoms with Crippen molar-refractivity contribution in [3.05, 3.63) is 36.0 Å². The minimum Gasteiger partial charge on any atom is -0.299 e. The van der Waals surface area contributed by atoms with Crippen LogP contribution in [0.3, 0.4) is 0 Å². The Balaban J connectivity index is 4.36. The number of Topliss-reactive ketones (excluding diaryl/α,β-unsaturated/α-hetero) is 1. The standard InChI is InChI=1S/C21H36FNO/c1-6-11-18(4)12-9-14-21(24)15-10-13-19(7-2)20(8-3)16-17-23(5)22/h8,10,13,18H,3,6-7,9,11-12,14-17H2,1-2,4-5H3/b13-10-,20-19+. The summed E-state index contributed by atoms with van der Waals surface area (Å²) < 4.78 is 12.9. The van der Waals surface area contributed by atoms with Gasteiger partial charge >= 0.3 is 0 Å². The third-order valence-corrected chi connectivity index (χ3v) is 4.33. The first-order valence-electron chi connectivity index (χ1n) is 9.34. The maximum absolute atomic E-state index is 12.9. The van der Waals surface area contributed by atoms with Crippen molar-refractivity contribution in [1.29, 1.82) is 0 Å². The van der Waals surface area contributed by atoms with Gasteiger partial charge < -0.3 is 0 Å². The Morgan fingerprint density at radius 1 is 1.21 bits per heavy atom. The van der Waals surface area contributed by atoms with E-state index in [9.17, 15) is 9.28 Å². The predicted octanol–water partition coefficient (Wildman–Crippen LogP) is 6.21. The van der Waals surface area contributed by atoms with Crippen LogP contribution in [0.2, 0.25) is 0 Å². The van der Waals surface area contributed by atoms with E-state index in [4.69, 9.17) is 0 Å². The van der Waals surface area contributed by atoms with Crippen LogP contribution in [0.4, 0.5) is 4.48 Å². The third kappa shape index (κ3) is 11.3. The molecular weight excluding hydrogens is 301 g/mol. The Bertz CT molecular complexity index is 424. The number of carbonyl (C=O) groups is 1. The van der Waals surface area contributed by atoms with Gasteiger partial charge in [-0.15, -0.1) is 9.60 Å². The first kappa shape index (κ1) is 22.8.